The maximum atomic E-state index is 11.6. The Morgan fingerprint density at radius 2 is 2.04 bits per heavy atom. The van der Waals surface area contributed by atoms with E-state index in [4.69, 9.17) is 10.5 Å². The Labute approximate surface area is 143 Å². The van der Waals surface area contributed by atoms with Gasteiger partial charge in [0.2, 0.25) is 0 Å². The summed E-state index contributed by atoms with van der Waals surface area (Å²) < 4.78 is 5.07. The lowest BCUT2D eigenvalue weighted by atomic mass is 9.90. The number of aliphatic hydroxyl groups is 1. The highest BCUT2D eigenvalue weighted by molar-refractivity contribution is 5.93. The number of nitrogens with zero attached hydrogens (tertiary/aromatic N) is 1. The normalized spacial score (nSPS) is 21.3. The third kappa shape index (κ3) is 3.69. The molecule has 1 fully saturated rings. The van der Waals surface area contributed by atoms with Gasteiger partial charge in [0.25, 0.3) is 0 Å². The molecule has 5 nitrogen and oxygen atoms in total. The van der Waals surface area contributed by atoms with Crippen LogP contribution < -0.4 is 5.73 Å². The summed E-state index contributed by atoms with van der Waals surface area (Å²) in [6, 6.07) is 3.62. The maximum Gasteiger partial charge on any atom is 0.338 e. The molecule has 0 amide bonds. The van der Waals surface area contributed by atoms with Gasteiger partial charge in [-0.2, -0.15) is 0 Å². The number of halogens is 1. The number of benzene rings is 1. The summed E-state index contributed by atoms with van der Waals surface area (Å²) in [5.41, 5.74) is 9.46. The SMILES string of the molecule is Cc1c([C@@H](O)CN2CCC(C)(N)CC2)ccc2c1COC2=O.Cl. The van der Waals surface area contributed by atoms with Crippen LogP contribution in [0.5, 0.6) is 0 Å². The fourth-order valence-electron chi connectivity index (χ4n) is 3.32. The standard InChI is InChI=1S/C17H24N2O3.ClH/c1-11-12(3-4-13-14(11)10-22-16(13)21)15(20)9-19-7-5-17(2,18)6-8-19;/h3-4,15,20H,5-10,18H2,1-2H3;1H/t15-;/m0./s1. The molecule has 23 heavy (non-hydrogen) atoms. The predicted molar refractivity (Wildman–Crippen MR) is 90.8 cm³/mol. The number of hydrogen-bond acceptors (Lipinski definition) is 5. The monoisotopic (exact) mass is 340 g/mol. The minimum Gasteiger partial charge on any atom is -0.457 e. The summed E-state index contributed by atoms with van der Waals surface area (Å²) in [5.74, 6) is -0.266. The van der Waals surface area contributed by atoms with E-state index in [1.165, 1.54) is 0 Å². The van der Waals surface area contributed by atoms with Crippen LogP contribution in [0.1, 0.15) is 52.9 Å². The van der Waals surface area contributed by atoms with Gasteiger partial charge in [0.05, 0.1) is 11.7 Å². The molecule has 0 radical (unpaired) electrons. The number of rotatable bonds is 3. The van der Waals surface area contributed by atoms with E-state index < -0.39 is 6.10 Å². The molecule has 2 heterocycles. The average Bonchev–Trinajstić information content (AvgIpc) is 2.84. The quantitative estimate of drug-likeness (QED) is 0.822. The number of piperidine rings is 1. The van der Waals surface area contributed by atoms with E-state index in [-0.39, 0.29) is 23.9 Å². The smallest absolute Gasteiger partial charge is 0.338 e. The van der Waals surface area contributed by atoms with Crippen LogP contribution in [0.2, 0.25) is 0 Å². The lowest BCUT2D eigenvalue weighted by Crippen LogP contribution is -2.49. The Bertz CT molecular complexity index is 594. The first-order chi connectivity index (χ1) is 10.4. The van der Waals surface area contributed by atoms with Crippen molar-refractivity contribution in [2.24, 2.45) is 5.73 Å². The molecule has 0 aromatic heterocycles. The Kier molecular flexibility index (Phi) is 5.36. The largest absolute Gasteiger partial charge is 0.457 e. The van der Waals surface area contributed by atoms with Crippen LogP contribution in [0.15, 0.2) is 12.1 Å². The van der Waals surface area contributed by atoms with E-state index in [9.17, 15) is 9.90 Å². The van der Waals surface area contributed by atoms with Crippen LogP contribution in [0.25, 0.3) is 0 Å². The van der Waals surface area contributed by atoms with Gasteiger partial charge in [-0.3, -0.25) is 0 Å². The second-order valence-electron chi connectivity index (χ2n) is 6.85. The van der Waals surface area contributed by atoms with Crippen molar-refractivity contribution in [1.29, 1.82) is 0 Å². The van der Waals surface area contributed by atoms with Crippen LogP contribution >= 0.6 is 12.4 Å². The minimum atomic E-state index is -0.553. The lowest BCUT2D eigenvalue weighted by Gasteiger charge is -2.37. The summed E-state index contributed by atoms with van der Waals surface area (Å²) in [7, 11) is 0. The van der Waals surface area contributed by atoms with Crippen molar-refractivity contribution in [3.8, 4) is 0 Å². The third-order valence-electron chi connectivity index (χ3n) is 5.00. The molecule has 2 aliphatic heterocycles. The van der Waals surface area contributed by atoms with E-state index in [2.05, 4.69) is 11.8 Å². The van der Waals surface area contributed by atoms with E-state index in [1.807, 2.05) is 13.0 Å². The highest BCUT2D eigenvalue weighted by atomic mass is 35.5. The Morgan fingerprint density at radius 1 is 1.39 bits per heavy atom. The minimum absolute atomic E-state index is 0. The number of fused-ring (bicyclic) bond motifs is 1. The fraction of sp³-hybridized carbons (Fsp3) is 0.588. The molecule has 0 unspecified atom stereocenters. The van der Waals surface area contributed by atoms with E-state index in [0.29, 0.717) is 18.7 Å². The van der Waals surface area contributed by atoms with Crippen molar-refractivity contribution in [2.75, 3.05) is 19.6 Å². The van der Waals surface area contributed by atoms with E-state index in [0.717, 1.165) is 42.6 Å². The number of aliphatic hydroxyl groups excluding tert-OH is 1. The Hall–Kier alpha value is -1.14. The zero-order chi connectivity index (χ0) is 15.9. The van der Waals surface area contributed by atoms with Crippen molar-refractivity contribution in [1.82, 2.24) is 4.90 Å². The zero-order valence-electron chi connectivity index (χ0n) is 13.7. The molecule has 3 rings (SSSR count). The zero-order valence-corrected chi connectivity index (χ0v) is 14.5. The van der Waals surface area contributed by atoms with E-state index in [1.54, 1.807) is 6.07 Å². The second-order valence-corrected chi connectivity index (χ2v) is 6.85. The van der Waals surface area contributed by atoms with Crippen molar-refractivity contribution < 1.29 is 14.6 Å². The molecular weight excluding hydrogens is 316 g/mol. The van der Waals surface area contributed by atoms with Crippen molar-refractivity contribution in [3.05, 3.63) is 34.4 Å². The van der Waals surface area contributed by atoms with Crippen LogP contribution in [0, 0.1) is 6.92 Å². The number of ether oxygens (including phenoxy) is 1. The molecule has 3 N–H and O–H groups in total. The number of esters is 1. The van der Waals surface area contributed by atoms with Gasteiger partial charge in [-0.1, -0.05) is 6.07 Å². The van der Waals surface area contributed by atoms with Gasteiger partial charge in [0.1, 0.15) is 6.61 Å². The average molecular weight is 341 g/mol. The van der Waals surface area contributed by atoms with Crippen molar-refractivity contribution in [2.45, 2.75) is 44.9 Å². The number of carbonyl (C=O) groups is 1. The highest BCUT2D eigenvalue weighted by Gasteiger charge is 2.29. The van der Waals surface area contributed by atoms with Gasteiger partial charge in [-0.15, -0.1) is 12.4 Å². The topological polar surface area (TPSA) is 75.8 Å². The molecule has 0 aliphatic carbocycles. The summed E-state index contributed by atoms with van der Waals surface area (Å²) >= 11 is 0. The van der Waals surface area contributed by atoms with Crippen LogP contribution in [0.3, 0.4) is 0 Å². The van der Waals surface area contributed by atoms with Gasteiger partial charge in [0, 0.05) is 17.6 Å². The van der Waals surface area contributed by atoms with Gasteiger partial charge in [0.15, 0.2) is 0 Å². The second kappa shape index (κ2) is 6.77. The highest BCUT2D eigenvalue weighted by Crippen LogP contribution is 2.30. The molecule has 2 aliphatic rings. The third-order valence-corrected chi connectivity index (χ3v) is 5.00. The van der Waals surface area contributed by atoms with Crippen molar-refractivity contribution in [3.63, 3.8) is 0 Å². The number of β-amino-alcohol motifs (C(OH)–C–C–N with tert-alkyl or cyclic N) is 1. The summed E-state index contributed by atoms with van der Waals surface area (Å²) in [5, 5.41) is 10.6. The number of hydrogen-bond donors (Lipinski definition) is 2. The van der Waals surface area contributed by atoms with Gasteiger partial charge in [-0.05, 0) is 57.0 Å². The predicted octanol–water partition coefficient (Wildman–Crippen LogP) is 1.93. The summed E-state index contributed by atoms with van der Waals surface area (Å²) in [6.45, 7) is 6.78. The first-order valence-electron chi connectivity index (χ1n) is 7.86. The molecule has 0 spiro atoms. The van der Waals surface area contributed by atoms with Gasteiger partial charge < -0.3 is 20.5 Å². The maximum absolute atomic E-state index is 11.6. The summed E-state index contributed by atoms with van der Waals surface area (Å²) in [6.07, 6.45) is 1.35. The number of carbonyl (C=O) groups excluding carboxylic acids is 1. The first-order valence-corrected chi connectivity index (χ1v) is 7.86. The van der Waals surface area contributed by atoms with Crippen molar-refractivity contribution >= 4 is 18.4 Å². The lowest BCUT2D eigenvalue weighted by molar-refractivity contribution is 0.0535. The van der Waals surface area contributed by atoms with Crippen LogP contribution in [0.4, 0.5) is 0 Å². The molecule has 128 valence electrons. The van der Waals surface area contributed by atoms with Crippen LogP contribution in [-0.4, -0.2) is 41.1 Å². The molecule has 1 aromatic carbocycles. The Balaban J connectivity index is 0.00000192. The molecule has 0 saturated carbocycles. The fourth-order valence-corrected chi connectivity index (χ4v) is 3.32. The van der Waals surface area contributed by atoms with Gasteiger partial charge in [-0.25, -0.2) is 4.79 Å². The molecular formula is C17H25ClN2O3. The molecule has 1 aromatic rings. The van der Waals surface area contributed by atoms with E-state index >= 15 is 0 Å². The number of nitrogens with two attached hydrogens (primary N) is 1. The summed E-state index contributed by atoms with van der Waals surface area (Å²) in [4.78, 5) is 13.8. The molecule has 6 heteroatoms. The molecule has 1 saturated heterocycles. The number of likely N-dealkylation sites (tertiary alicyclic amines) is 1. The number of cyclic esters (lactones) is 1. The van der Waals surface area contributed by atoms with Crippen LogP contribution in [-0.2, 0) is 11.3 Å². The molecule has 1 atom stereocenters. The molecule has 0 bridgehead atoms. The Morgan fingerprint density at radius 3 is 2.70 bits per heavy atom. The first kappa shape index (κ1) is 18.2. The van der Waals surface area contributed by atoms with Gasteiger partial charge >= 0.3 is 5.97 Å².